The molecule has 0 bridgehead atoms. The van der Waals surface area contributed by atoms with Gasteiger partial charge in [-0.3, -0.25) is 9.59 Å². The van der Waals surface area contributed by atoms with Crippen molar-refractivity contribution < 1.29 is 19.1 Å². The summed E-state index contributed by atoms with van der Waals surface area (Å²) in [5.74, 6) is 0.835. The molecule has 0 spiro atoms. The van der Waals surface area contributed by atoms with Gasteiger partial charge in [0.15, 0.2) is 11.5 Å². The van der Waals surface area contributed by atoms with Crippen molar-refractivity contribution in [2.24, 2.45) is 0 Å². The third-order valence-electron chi connectivity index (χ3n) is 4.87. The Balaban J connectivity index is 1.62. The number of likely N-dealkylation sites (tertiary alicyclic amines) is 1. The lowest BCUT2D eigenvalue weighted by Gasteiger charge is -2.27. The van der Waals surface area contributed by atoms with Crippen molar-refractivity contribution in [3.63, 3.8) is 0 Å². The Bertz CT molecular complexity index is 902. The normalized spacial score (nSPS) is 16.0. The lowest BCUT2D eigenvalue weighted by Crippen LogP contribution is -2.41. The number of carbonyl (C=O) groups excluding carboxylic acids is 2. The minimum absolute atomic E-state index is 0.165. The zero-order valence-corrected chi connectivity index (χ0v) is 15.5. The van der Waals surface area contributed by atoms with Crippen LogP contribution < -0.4 is 14.8 Å². The van der Waals surface area contributed by atoms with Gasteiger partial charge in [0.1, 0.15) is 5.70 Å². The molecule has 0 radical (unpaired) electrons. The van der Waals surface area contributed by atoms with Gasteiger partial charge >= 0.3 is 0 Å². The van der Waals surface area contributed by atoms with Crippen LogP contribution >= 0.6 is 0 Å². The van der Waals surface area contributed by atoms with Crippen molar-refractivity contribution in [1.29, 1.82) is 0 Å². The Kier molecular flexibility index (Phi) is 5.28. The number of benzene rings is 2. The molecule has 1 saturated heterocycles. The van der Waals surface area contributed by atoms with E-state index in [2.05, 4.69) is 5.32 Å². The molecule has 2 aliphatic heterocycles. The number of nitrogens with one attached hydrogen (secondary N) is 1. The lowest BCUT2D eigenvalue weighted by molar-refractivity contribution is -0.128. The molecule has 6 nitrogen and oxygen atoms in total. The fraction of sp³-hybridized carbons (Fsp3) is 0.273. The first-order valence-corrected chi connectivity index (χ1v) is 9.48. The Morgan fingerprint density at radius 3 is 2.46 bits per heavy atom. The lowest BCUT2D eigenvalue weighted by atomic mass is 10.1. The molecule has 1 fully saturated rings. The molecular weight excluding hydrogens is 356 g/mol. The number of rotatable bonds is 4. The van der Waals surface area contributed by atoms with Gasteiger partial charge in [-0.15, -0.1) is 0 Å². The molecule has 0 unspecified atom stereocenters. The number of carbonyl (C=O) groups is 2. The van der Waals surface area contributed by atoms with Crippen LogP contribution in [0.15, 0.2) is 54.2 Å². The Morgan fingerprint density at radius 1 is 0.929 bits per heavy atom. The summed E-state index contributed by atoms with van der Waals surface area (Å²) in [7, 11) is 0. The molecule has 0 aromatic heterocycles. The minimum Gasteiger partial charge on any atom is -0.454 e. The summed E-state index contributed by atoms with van der Waals surface area (Å²) in [5.41, 5.74) is 1.53. The first-order valence-electron chi connectivity index (χ1n) is 9.48. The summed E-state index contributed by atoms with van der Waals surface area (Å²) in [6.45, 7) is 1.60. The van der Waals surface area contributed by atoms with Crippen LogP contribution in [0.25, 0.3) is 6.08 Å². The zero-order valence-electron chi connectivity index (χ0n) is 15.5. The number of fused-ring (bicyclic) bond motifs is 1. The van der Waals surface area contributed by atoms with Crippen molar-refractivity contribution in [3.8, 4) is 11.5 Å². The van der Waals surface area contributed by atoms with Gasteiger partial charge < -0.3 is 19.7 Å². The summed E-state index contributed by atoms with van der Waals surface area (Å²) in [5, 5.41) is 2.81. The largest absolute Gasteiger partial charge is 0.454 e. The van der Waals surface area contributed by atoms with Crippen LogP contribution in [0.5, 0.6) is 11.5 Å². The van der Waals surface area contributed by atoms with E-state index in [0.717, 1.165) is 24.8 Å². The Hall–Kier alpha value is -3.28. The summed E-state index contributed by atoms with van der Waals surface area (Å²) in [6, 6.07) is 14.3. The van der Waals surface area contributed by atoms with Crippen molar-refractivity contribution >= 4 is 17.9 Å². The predicted molar refractivity (Wildman–Crippen MR) is 105 cm³/mol. The molecule has 28 heavy (non-hydrogen) atoms. The zero-order chi connectivity index (χ0) is 19.3. The summed E-state index contributed by atoms with van der Waals surface area (Å²) < 4.78 is 10.7. The molecule has 2 heterocycles. The van der Waals surface area contributed by atoms with Crippen LogP contribution in [0.1, 0.15) is 35.2 Å². The van der Waals surface area contributed by atoms with E-state index >= 15 is 0 Å². The van der Waals surface area contributed by atoms with Crippen LogP contribution in [0.3, 0.4) is 0 Å². The van der Waals surface area contributed by atoms with E-state index in [9.17, 15) is 9.59 Å². The molecule has 0 atom stereocenters. The molecule has 144 valence electrons. The summed E-state index contributed by atoms with van der Waals surface area (Å²) in [4.78, 5) is 27.5. The van der Waals surface area contributed by atoms with Crippen molar-refractivity contribution in [3.05, 3.63) is 65.4 Å². The maximum Gasteiger partial charge on any atom is 0.270 e. The fourth-order valence-electron chi connectivity index (χ4n) is 3.37. The Labute approximate surface area is 163 Å². The average Bonchev–Trinajstić information content (AvgIpc) is 3.22. The molecule has 6 heteroatoms. The van der Waals surface area contributed by atoms with Crippen molar-refractivity contribution in [1.82, 2.24) is 10.2 Å². The van der Waals surface area contributed by atoms with E-state index < -0.39 is 0 Å². The third-order valence-corrected chi connectivity index (χ3v) is 4.87. The number of ether oxygens (including phenoxy) is 2. The average molecular weight is 378 g/mol. The van der Waals surface area contributed by atoms with Crippen LogP contribution in [0.4, 0.5) is 0 Å². The monoisotopic (exact) mass is 378 g/mol. The van der Waals surface area contributed by atoms with Gasteiger partial charge in [0, 0.05) is 18.7 Å². The molecule has 0 saturated carbocycles. The van der Waals surface area contributed by atoms with E-state index in [0.29, 0.717) is 30.2 Å². The SMILES string of the molecule is O=C(NC(=Cc1ccc2c(c1)OCO2)C(=O)N1CCCCC1)c1ccccc1. The quantitative estimate of drug-likeness (QED) is 0.830. The van der Waals surface area contributed by atoms with Crippen LogP contribution in [0.2, 0.25) is 0 Å². The van der Waals surface area contributed by atoms with Gasteiger partial charge in [-0.1, -0.05) is 24.3 Å². The topological polar surface area (TPSA) is 67.9 Å². The molecular formula is C22H22N2O4. The predicted octanol–water partition coefficient (Wildman–Crippen LogP) is 3.20. The van der Waals surface area contributed by atoms with E-state index in [4.69, 9.17) is 9.47 Å². The van der Waals surface area contributed by atoms with Crippen molar-refractivity contribution in [2.45, 2.75) is 19.3 Å². The van der Waals surface area contributed by atoms with Crippen LogP contribution in [-0.4, -0.2) is 36.6 Å². The second-order valence-electron chi connectivity index (χ2n) is 6.84. The van der Waals surface area contributed by atoms with Crippen molar-refractivity contribution in [2.75, 3.05) is 19.9 Å². The van der Waals surface area contributed by atoms with E-state index in [1.807, 2.05) is 12.1 Å². The molecule has 0 aliphatic carbocycles. The summed E-state index contributed by atoms with van der Waals surface area (Å²) >= 11 is 0. The van der Waals surface area contributed by atoms with Gasteiger partial charge in [-0.25, -0.2) is 0 Å². The highest BCUT2D eigenvalue weighted by Gasteiger charge is 2.23. The molecule has 2 aliphatic rings. The van der Waals surface area contributed by atoms with E-state index in [1.54, 1.807) is 47.4 Å². The number of hydrogen-bond acceptors (Lipinski definition) is 4. The standard InChI is InChI=1S/C22H22N2O4/c25-21(17-7-3-1-4-8-17)23-18(22(26)24-11-5-2-6-12-24)13-16-9-10-19-20(14-16)28-15-27-19/h1,3-4,7-10,13-14H,2,5-6,11-12,15H2,(H,23,25). The van der Waals surface area contributed by atoms with Crippen LogP contribution in [0, 0.1) is 0 Å². The summed E-state index contributed by atoms with van der Waals surface area (Å²) in [6.07, 6.45) is 4.78. The minimum atomic E-state index is -0.307. The highest BCUT2D eigenvalue weighted by atomic mass is 16.7. The van der Waals surface area contributed by atoms with E-state index in [1.165, 1.54) is 0 Å². The van der Waals surface area contributed by atoms with Gasteiger partial charge in [0.2, 0.25) is 6.79 Å². The molecule has 2 amide bonds. The molecule has 2 aromatic carbocycles. The van der Waals surface area contributed by atoms with Gasteiger partial charge in [0.05, 0.1) is 0 Å². The number of hydrogen-bond donors (Lipinski definition) is 1. The van der Waals surface area contributed by atoms with E-state index in [-0.39, 0.29) is 24.3 Å². The Morgan fingerprint density at radius 2 is 1.68 bits per heavy atom. The number of piperidine rings is 1. The first kappa shape index (κ1) is 18.1. The highest BCUT2D eigenvalue weighted by Crippen LogP contribution is 2.33. The fourth-order valence-corrected chi connectivity index (χ4v) is 3.37. The smallest absolute Gasteiger partial charge is 0.270 e. The maximum atomic E-state index is 13.1. The number of amides is 2. The highest BCUT2D eigenvalue weighted by molar-refractivity contribution is 6.05. The second kappa shape index (κ2) is 8.17. The van der Waals surface area contributed by atoms with Gasteiger partial charge in [-0.05, 0) is 55.2 Å². The molecule has 1 N–H and O–H groups in total. The molecule has 2 aromatic rings. The first-order chi connectivity index (χ1) is 13.7. The number of nitrogens with zero attached hydrogens (tertiary/aromatic N) is 1. The third kappa shape index (κ3) is 4.01. The second-order valence-corrected chi connectivity index (χ2v) is 6.84. The van der Waals surface area contributed by atoms with Gasteiger partial charge in [-0.2, -0.15) is 0 Å². The maximum absolute atomic E-state index is 13.1. The molecule has 4 rings (SSSR count). The van der Waals surface area contributed by atoms with Crippen LogP contribution in [-0.2, 0) is 4.79 Å². The van der Waals surface area contributed by atoms with Gasteiger partial charge in [0.25, 0.3) is 11.8 Å².